The summed E-state index contributed by atoms with van der Waals surface area (Å²) >= 11 is 0. The van der Waals surface area contributed by atoms with E-state index in [1.165, 1.54) is 25.9 Å². The summed E-state index contributed by atoms with van der Waals surface area (Å²) in [6.07, 6.45) is 9.09. The highest BCUT2D eigenvalue weighted by molar-refractivity contribution is 5.91. The standard InChI is InChI=1S/C13H18N4O/c18-13(2-1-11-7-14-9-15-11)16-12-8-17-5-3-10(12)4-6-17/h1-2,7,9-10,12H,3-6,8H2,(H,14,15)(H,16,18)/b2-1+/t12-/m0/s1. The van der Waals surface area contributed by atoms with Gasteiger partial charge in [-0.25, -0.2) is 4.98 Å². The van der Waals surface area contributed by atoms with Gasteiger partial charge in [0, 0.05) is 24.9 Å². The Labute approximate surface area is 106 Å². The zero-order valence-corrected chi connectivity index (χ0v) is 10.3. The monoisotopic (exact) mass is 246 g/mol. The van der Waals surface area contributed by atoms with E-state index >= 15 is 0 Å². The van der Waals surface area contributed by atoms with Gasteiger partial charge in [0.05, 0.1) is 12.0 Å². The van der Waals surface area contributed by atoms with Crippen LogP contribution < -0.4 is 5.32 Å². The summed E-state index contributed by atoms with van der Waals surface area (Å²) < 4.78 is 0. The van der Waals surface area contributed by atoms with Gasteiger partial charge >= 0.3 is 0 Å². The molecule has 3 fully saturated rings. The van der Waals surface area contributed by atoms with Gasteiger partial charge in [-0.15, -0.1) is 0 Å². The highest BCUT2D eigenvalue weighted by atomic mass is 16.1. The molecule has 1 amide bonds. The third-order valence-electron chi connectivity index (χ3n) is 3.91. The maximum Gasteiger partial charge on any atom is 0.244 e. The van der Waals surface area contributed by atoms with Gasteiger partial charge < -0.3 is 15.2 Å². The van der Waals surface area contributed by atoms with Gasteiger partial charge in [-0.1, -0.05) is 0 Å². The second kappa shape index (κ2) is 4.94. The fourth-order valence-corrected chi connectivity index (χ4v) is 2.88. The van der Waals surface area contributed by atoms with E-state index in [9.17, 15) is 4.79 Å². The van der Waals surface area contributed by atoms with Gasteiger partial charge in [0.2, 0.25) is 5.91 Å². The number of nitrogens with zero attached hydrogens (tertiary/aromatic N) is 2. The molecule has 1 aromatic rings. The molecule has 5 nitrogen and oxygen atoms in total. The second-order valence-electron chi connectivity index (χ2n) is 5.08. The van der Waals surface area contributed by atoms with E-state index in [-0.39, 0.29) is 5.91 Å². The SMILES string of the molecule is O=C(/C=C/c1c[nH]cn1)N[C@H]1CN2CCC1CC2. The molecule has 0 saturated carbocycles. The molecule has 96 valence electrons. The number of piperidine rings is 3. The van der Waals surface area contributed by atoms with Crippen LogP contribution in [-0.2, 0) is 4.79 Å². The zero-order chi connectivity index (χ0) is 12.4. The molecule has 1 atom stereocenters. The number of carbonyl (C=O) groups excluding carboxylic acids is 1. The first kappa shape index (κ1) is 11.5. The van der Waals surface area contributed by atoms with Crippen LogP contribution in [0.1, 0.15) is 18.5 Å². The summed E-state index contributed by atoms with van der Waals surface area (Å²) in [5.41, 5.74) is 0.777. The van der Waals surface area contributed by atoms with Gasteiger partial charge in [-0.05, 0) is 37.9 Å². The quantitative estimate of drug-likeness (QED) is 0.769. The summed E-state index contributed by atoms with van der Waals surface area (Å²) in [5.74, 6) is 0.648. The molecule has 0 aliphatic carbocycles. The van der Waals surface area contributed by atoms with Crippen molar-refractivity contribution >= 4 is 12.0 Å². The van der Waals surface area contributed by atoms with Crippen LogP contribution in [0.2, 0.25) is 0 Å². The normalized spacial score (nSPS) is 30.8. The largest absolute Gasteiger partial charge is 0.351 e. The number of carbonyl (C=O) groups is 1. The van der Waals surface area contributed by atoms with Crippen molar-refractivity contribution < 1.29 is 4.79 Å². The van der Waals surface area contributed by atoms with Crippen molar-refractivity contribution in [1.82, 2.24) is 20.2 Å². The van der Waals surface area contributed by atoms with Crippen LogP contribution in [0.3, 0.4) is 0 Å². The topological polar surface area (TPSA) is 61.0 Å². The fraction of sp³-hybridized carbons (Fsp3) is 0.538. The van der Waals surface area contributed by atoms with E-state index in [0.717, 1.165) is 12.2 Å². The number of aromatic amines is 1. The minimum atomic E-state index is -0.0169. The van der Waals surface area contributed by atoms with Crippen LogP contribution >= 0.6 is 0 Å². The van der Waals surface area contributed by atoms with Gasteiger partial charge in [0.25, 0.3) is 0 Å². The smallest absolute Gasteiger partial charge is 0.244 e. The maximum atomic E-state index is 11.8. The molecule has 1 aromatic heterocycles. The molecular formula is C13H18N4O. The Morgan fingerprint density at radius 3 is 2.94 bits per heavy atom. The van der Waals surface area contributed by atoms with Crippen LogP contribution in [0.25, 0.3) is 6.08 Å². The number of amides is 1. The zero-order valence-electron chi connectivity index (χ0n) is 10.3. The molecule has 4 heterocycles. The lowest BCUT2D eigenvalue weighted by Crippen LogP contribution is -2.57. The van der Waals surface area contributed by atoms with Crippen LogP contribution in [0.15, 0.2) is 18.6 Å². The Balaban J connectivity index is 1.55. The van der Waals surface area contributed by atoms with E-state index in [0.29, 0.717) is 12.0 Å². The van der Waals surface area contributed by atoms with Crippen molar-refractivity contribution in [2.45, 2.75) is 18.9 Å². The highest BCUT2D eigenvalue weighted by Gasteiger charge is 2.34. The number of fused-ring (bicyclic) bond motifs is 3. The van der Waals surface area contributed by atoms with E-state index in [2.05, 4.69) is 20.2 Å². The molecule has 0 unspecified atom stereocenters. The minimum Gasteiger partial charge on any atom is -0.351 e. The molecule has 3 aliphatic rings. The lowest BCUT2D eigenvalue weighted by molar-refractivity contribution is -0.118. The number of imidazole rings is 1. The van der Waals surface area contributed by atoms with E-state index in [4.69, 9.17) is 0 Å². The summed E-state index contributed by atoms with van der Waals surface area (Å²) in [4.78, 5) is 21.2. The summed E-state index contributed by atoms with van der Waals surface area (Å²) in [7, 11) is 0. The predicted molar refractivity (Wildman–Crippen MR) is 68.7 cm³/mol. The van der Waals surface area contributed by atoms with Crippen LogP contribution in [0.4, 0.5) is 0 Å². The van der Waals surface area contributed by atoms with Gasteiger partial charge in [0.15, 0.2) is 0 Å². The number of hydrogen-bond acceptors (Lipinski definition) is 3. The molecule has 3 saturated heterocycles. The van der Waals surface area contributed by atoms with Crippen molar-refractivity contribution in [1.29, 1.82) is 0 Å². The molecule has 5 heteroatoms. The lowest BCUT2D eigenvalue weighted by Gasteiger charge is -2.44. The van der Waals surface area contributed by atoms with Crippen molar-refractivity contribution in [2.24, 2.45) is 5.92 Å². The van der Waals surface area contributed by atoms with Crippen LogP contribution in [-0.4, -0.2) is 46.5 Å². The Morgan fingerprint density at radius 1 is 1.50 bits per heavy atom. The summed E-state index contributed by atoms with van der Waals surface area (Å²) in [5, 5.41) is 3.11. The summed E-state index contributed by atoms with van der Waals surface area (Å²) in [6, 6.07) is 0.323. The average Bonchev–Trinajstić information content (AvgIpc) is 2.91. The van der Waals surface area contributed by atoms with Gasteiger partial charge in [-0.3, -0.25) is 4.79 Å². The first-order chi connectivity index (χ1) is 8.81. The van der Waals surface area contributed by atoms with Crippen molar-refractivity contribution in [3.63, 3.8) is 0 Å². The molecule has 0 spiro atoms. The molecule has 3 aliphatic heterocycles. The molecular weight excluding hydrogens is 228 g/mol. The second-order valence-corrected chi connectivity index (χ2v) is 5.08. The number of nitrogens with one attached hydrogen (secondary N) is 2. The van der Waals surface area contributed by atoms with Crippen molar-refractivity contribution in [2.75, 3.05) is 19.6 Å². The Kier molecular flexibility index (Phi) is 3.15. The summed E-state index contributed by atoms with van der Waals surface area (Å²) in [6.45, 7) is 3.40. The first-order valence-electron chi connectivity index (χ1n) is 6.51. The number of H-pyrrole nitrogens is 1. The Morgan fingerprint density at radius 2 is 2.33 bits per heavy atom. The first-order valence-corrected chi connectivity index (χ1v) is 6.51. The van der Waals surface area contributed by atoms with E-state index in [1.807, 2.05) is 0 Å². The molecule has 0 aromatic carbocycles. The van der Waals surface area contributed by atoms with Crippen LogP contribution in [0.5, 0.6) is 0 Å². The molecule has 2 N–H and O–H groups in total. The Hall–Kier alpha value is -1.62. The van der Waals surface area contributed by atoms with Crippen LogP contribution in [0, 0.1) is 5.92 Å². The van der Waals surface area contributed by atoms with Gasteiger partial charge in [-0.2, -0.15) is 0 Å². The van der Waals surface area contributed by atoms with E-state index in [1.54, 1.807) is 24.7 Å². The molecule has 2 bridgehead atoms. The van der Waals surface area contributed by atoms with Crippen molar-refractivity contribution in [3.05, 3.63) is 24.3 Å². The lowest BCUT2D eigenvalue weighted by atomic mass is 9.84. The average molecular weight is 246 g/mol. The maximum absolute atomic E-state index is 11.8. The molecule has 0 radical (unpaired) electrons. The molecule has 18 heavy (non-hydrogen) atoms. The van der Waals surface area contributed by atoms with Gasteiger partial charge in [0.1, 0.15) is 0 Å². The third-order valence-corrected chi connectivity index (χ3v) is 3.91. The third kappa shape index (κ3) is 2.46. The van der Waals surface area contributed by atoms with E-state index < -0.39 is 0 Å². The number of aromatic nitrogens is 2. The highest BCUT2D eigenvalue weighted by Crippen LogP contribution is 2.27. The Bertz CT molecular complexity index is 432. The number of rotatable bonds is 3. The fourth-order valence-electron chi connectivity index (χ4n) is 2.88. The molecule has 4 rings (SSSR count). The van der Waals surface area contributed by atoms with Crippen molar-refractivity contribution in [3.8, 4) is 0 Å². The minimum absolute atomic E-state index is 0.0169. The predicted octanol–water partition coefficient (Wildman–Crippen LogP) is 0.633. The number of hydrogen-bond donors (Lipinski definition) is 2.